The summed E-state index contributed by atoms with van der Waals surface area (Å²) < 4.78 is 0. The predicted molar refractivity (Wildman–Crippen MR) is 94.1 cm³/mol. The van der Waals surface area contributed by atoms with Gasteiger partial charge in [-0.2, -0.15) is 0 Å². The number of nitrogens with two attached hydrogens (primary N) is 2. The first kappa shape index (κ1) is 17.8. The van der Waals surface area contributed by atoms with Crippen molar-refractivity contribution < 1.29 is 9.59 Å². The molecule has 5 N–H and O–H groups in total. The average Bonchev–Trinajstić information content (AvgIpc) is 2.56. The molecular weight excluding hydrogens is 328 g/mol. The van der Waals surface area contributed by atoms with Crippen molar-refractivity contribution in [3.05, 3.63) is 64.2 Å². The fourth-order valence-electron chi connectivity index (χ4n) is 2.07. The van der Waals surface area contributed by atoms with Crippen LogP contribution in [0.5, 0.6) is 0 Å². The first-order valence-electron chi connectivity index (χ1n) is 7.31. The lowest BCUT2D eigenvalue weighted by Gasteiger charge is -2.17. The molecule has 0 aliphatic carbocycles. The molecule has 0 heterocycles. The summed E-state index contributed by atoms with van der Waals surface area (Å²) in [6, 6.07) is 12.4. The minimum atomic E-state index is -0.569. The molecule has 0 bridgehead atoms. The summed E-state index contributed by atoms with van der Waals surface area (Å²) in [5.74, 6) is 4.74. The number of rotatable bonds is 5. The molecule has 2 aromatic carbocycles. The van der Waals surface area contributed by atoms with Crippen molar-refractivity contribution in [2.75, 3.05) is 12.3 Å². The van der Waals surface area contributed by atoms with Crippen LogP contribution in [0.15, 0.2) is 42.5 Å². The number of hydrogen-bond donors (Lipinski definition) is 3. The van der Waals surface area contributed by atoms with Crippen LogP contribution >= 0.6 is 11.6 Å². The summed E-state index contributed by atoms with van der Waals surface area (Å²) in [6.45, 7) is 2.07. The molecule has 0 aromatic heterocycles. The van der Waals surface area contributed by atoms with Crippen molar-refractivity contribution >= 4 is 29.1 Å². The number of para-hydroxylation sites is 1. The number of benzene rings is 2. The van der Waals surface area contributed by atoms with Gasteiger partial charge in [0.2, 0.25) is 5.91 Å². The van der Waals surface area contributed by atoms with Gasteiger partial charge in [-0.25, -0.2) is 5.84 Å². The Morgan fingerprint density at radius 1 is 1.17 bits per heavy atom. The molecule has 0 spiro atoms. The third kappa shape index (κ3) is 4.47. The van der Waals surface area contributed by atoms with E-state index in [0.717, 1.165) is 16.1 Å². The largest absolute Gasteiger partial charge is 0.397 e. The number of nitrogens with zero attached hydrogens (tertiary/aromatic N) is 1. The summed E-state index contributed by atoms with van der Waals surface area (Å²) in [4.78, 5) is 24.2. The number of amides is 2. The quantitative estimate of drug-likeness (QED) is 0.333. The van der Waals surface area contributed by atoms with Crippen LogP contribution in [0, 0.1) is 6.92 Å². The Kier molecular flexibility index (Phi) is 5.78. The molecule has 2 amide bonds. The van der Waals surface area contributed by atoms with Crippen LogP contribution < -0.4 is 16.9 Å². The maximum absolute atomic E-state index is 12.2. The van der Waals surface area contributed by atoms with E-state index < -0.39 is 5.91 Å². The van der Waals surface area contributed by atoms with Gasteiger partial charge in [-0.1, -0.05) is 47.5 Å². The molecular formula is C17H19ClN4O2. The van der Waals surface area contributed by atoms with E-state index in [1.165, 1.54) is 6.07 Å². The molecule has 0 unspecified atom stereocenters. The van der Waals surface area contributed by atoms with Gasteiger partial charge in [-0.15, -0.1) is 0 Å². The van der Waals surface area contributed by atoms with E-state index in [9.17, 15) is 9.59 Å². The number of hydrazine groups is 1. The van der Waals surface area contributed by atoms with Gasteiger partial charge in [-0.05, 0) is 24.6 Å². The summed E-state index contributed by atoms with van der Waals surface area (Å²) in [6.07, 6.45) is 0. The molecule has 0 aliphatic rings. The van der Waals surface area contributed by atoms with Crippen molar-refractivity contribution in [3.8, 4) is 0 Å². The van der Waals surface area contributed by atoms with Crippen LogP contribution in [0.3, 0.4) is 0 Å². The van der Waals surface area contributed by atoms with Crippen LogP contribution in [-0.4, -0.2) is 23.4 Å². The SMILES string of the molecule is Cc1ccc(CNC(=O)CN(N)C(=O)c2cccc(Cl)c2N)cc1. The molecule has 6 nitrogen and oxygen atoms in total. The van der Waals surface area contributed by atoms with Gasteiger partial charge in [0, 0.05) is 6.54 Å². The van der Waals surface area contributed by atoms with Crippen LogP contribution in [-0.2, 0) is 11.3 Å². The highest BCUT2D eigenvalue weighted by Crippen LogP contribution is 2.22. The van der Waals surface area contributed by atoms with Crippen LogP contribution in [0.1, 0.15) is 21.5 Å². The van der Waals surface area contributed by atoms with E-state index in [0.29, 0.717) is 6.54 Å². The maximum Gasteiger partial charge on any atom is 0.270 e. The number of hydrogen-bond acceptors (Lipinski definition) is 4. The number of nitrogen functional groups attached to an aromatic ring is 1. The van der Waals surface area contributed by atoms with E-state index >= 15 is 0 Å². The Balaban J connectivity index is 1.92. The average molecular weight is 347 g/mol. The molecule has 0 saturated heterocycles. The Bertz CT molecular complexity index is 747. The van der Waals surface area contributed by atoms with Gasteiger partial charge in [-0.3, -0.25) is 14.6 Å². The van der Waals surface area contributed by atoms with Crippen molar-refractivity contribution in [3.63, 3.8) is 0 Å². The molecule has 0 fully saturated rings. The molecule has 24 heavy (non-hydrogen) atoms. The minimum absolute atomic E-state index is 0.139. The summed E-state index contributed by atoms with van der Waals surface area (Å²) >= 11 is 5.88. The number of carbonyl (C=O) groups excluding carboxylic acids is 2. The zero-order valence-corrected chi connectivity index (χ0v) is 14.0. The third-order valence-electron chi connectivity index (χ3n) is 3.47. The molecule has 2 aromatic rings. The minimum Gasteiger partial charge on any atom is -0.397 e. The Hall–Kier alpha value is -2.57. The molecule has 2 rings (SSSR count). The molecule has 0 atom stereocenters. The van der Waals surface area contributed by atoms with Gasteiger partial charge in [0.1, 0.15) is 6.54 Å². The maximum atomic E-state index is 12.2. The van der Waals surface area contributed by atoms with Gasteiger partial charge >= 0.3 is 0 Å². The number of nitrogens with one attached hydrogen (secondary N) is 1. The molecule has 0 radical (unpaired) electrons. The Morgan fingerprint density at radius 2 is 1.83 bits per heavy atom. The highest BCUT2D eigenvalue weighted by atomic mass is 35.5. The second-order valence-corrected chi connectivity index (χ2v) is 5.80. The molecule has 0 aliphatic heterocycles. The summed E-state index contributed by atoms with van der Waals surface area (Å²) in [7, 11) is 0. The number of aryl methyl sites for hydroxylation is 1. The predicted octanol–water partition coefficient (Wildman–Crippen LogP) is 1.86. The van der Waals surface area contributed by atoms with Crippen LogP contribution in [0.25, 0.3) is 0 Å². The topological polar surface area (TPSA) is 101 Å². The third-order valence-corrected chi connectivity index (χ3v) is 3.80. The fraction of sp³-hybridized carbons (Fsp3) is 0.176. The first-order chi connectivity index (χ1) is 11.4. The van der Waals surface area contributed by atoms with Gasteiger partial charge < -0.3 is 11.1 Å². The zero-order chi connectivity index (χ0) is 17.7. The van der Waals surface area contributed by atoms with Gasteiger partial charge in [0.05, 0.1) is 16.3 Å². The highest BCUT2D eigenvalue weighted by molar-refractivity contribution is 6.33. The number of carbonyl (C=O) groups is 2. The van der Waals surface area contributed by atoms with Crippen molar-refractivity contribution in [2.45, 2.75) is 13.5 Å². The lowest BCUT2D eigenvalue weighted by atomic mass is 10.1. The van der Waals surface area contributed by atoms with Gasteiger partial charge in [0.15, 0.2) is 0 Å². The zero-order valence-electron chi connectivity index (χ0n) is 13.3. The second-order valence-electron chi connectivity index (χ2n) is 5.40. The standard InChI is InChI=1S/C17H19ClN4O2/c1-11-5-7-12(8-6-11)9-21-15(23)10-22(20)17(24)13-3-2-4-14(18)16(13)19/h2-8H,9-10,19-20H2,1H3,(H,21,23). The molecule has 126 valence electrons. The van der Waals surface area contributed by atoms with E-state index in [-0.39, 0.29) is 28.7 Å². The summed E-state index contributed by atoms with van der Waals surface area (Å²) in [5, 5.41) is 3.79. The second kappa shape index (κ2) is 7.81. The van der Waals surface area contributed by atoms with E-state index in [2.05, 4.69) is 5.32 Å². The Labute approximate surface area is 145 Å². The van der Waals surface area contributed by atoms with E-state index in [1.807, 2.05) is 31.2 Å². The molecule has 0 saturated carbocycles. The van der Waals surface area contributed by atoms with E-state index in [1.54, 1.807) is 12.1 Å². The first-order valence-corrected chi connectivity index (χ1v) is 7.69. The van der Waals surface area contributed by atoms with Crippen LogP contribution in [0.2, 0.25) is 5.02 Å². The highest BCUT2D eigenvalue weighted by Gasteiger charge is 2.18. The lowest BCUT2D eigenvalue weighted by molar-refractivity contribution is -0.122. The monoisotopic (exact) mass is 346 g/mol. The molecule has 7 heteroatoms. The van der Waals surface area contributed by atoms with Crippen molar-refractivity contribution in [2.24, 2.45) is 5.84 Å². The normalized spacial score (nSPS) is 10.3. The van der Waals surface area contributed by atoms with Gasteiger partial charge in [0.25, 0.3) is 5.91 Å². The smallest absolute Gasteiger partial charge is 0.270 e. The Morgan fingerprint density at radius 3 is 2.50 bits per heavy atom. The van der Waals surface area contributed by atoms with Crippen molar-refractivity contribution in [1.29, 1.82) is 0 Å². The lowest BCUT2D eigenvalue weighted by Crippen LogP contribution is -2.45. The van der Waals surface area contributed by atoms with Crippen LogP contribution in [0.4, 0.5) is 5.69 Å². The van der Waals surface area contributed by atoms with Crippen molar-refractivity contribution in [1.82, 2.24) is 10.3 Å². The number of halogens is 1. The summed E-state index contributed by atoms with van der Waals surface area (Å²) in [5.41, 5.74) is 8.17. The van der Waals surface area contributed by atoms with E-state index in [4.69, 9.17) is 23.2 Å². The fourth-order valence-corrected chi connectivity index (χ4v) is 2.24. The number of anilines is 1.